The van der Waals surface area contributed by atoms with Gasteiger partial charge in [0.1, 0.15) is 24.1 Å². The van der Waals surface area contributed by atoms with E-state index in [0.29, 0.717) is 22.8 Å². The number of rotatable bonds is 9. The molecule has 0 amide bonds. The summed E-state index contributed by atoms with van der Waals surface area (Å²) in [7, 11) is 0. The summed E-state index contributed by atoms with van der Waals surface area (Å²) in [6.07, 6.45) is 6.65. The van der Waals surface area contributed by atoms with Crippen LogP contribution < -0.4 is 9.80 Å². The third-order valence-electron chi connectivity index (χ3n) is 14.5. The van der Waals surface area contributed by atoms with Gasteiger partial charge in [-0.1, -0.05) is 154 Å². The molecule has 0 aliphatic heterocycles. The van der Waals surface area contributed by atoms with E-state index in [1.807, 2.05) is 23.1 Å². The Balaban J connectivity index is 1.23. The molecule has 12 rings (SSSR count). The lowest BCUT2D eigenvalue weighted by Gasteiger charge is -2.34. The topological polar surface area (TPSA) is 6.48 Å². The molecule has 1 spiro atoms. The Kier molecular flexibility index (Phi) is 9.75. The number of alkyl halides is 1. The summed E-state index contributed by atoms with van der Waals surface area (Å²) in [5.74, 6) is -1.30. The average Bonchev–Trinajstić information content (AvgIpc) is 3.92. The lowest BCUT2D eigenvalue weighted by molar-refractivity contribution is 0.562. The van der Waals surface area contributed by atoms with Crippen molar-refractivity contribution in [3.05, 3.63) is 269 Å². The van der Waals surface area contributed by atoms with Crippen LogP contribution in [0.3, 0.4) is 0 Å². The SMILES string of the molecule is C=C(/C=C\C=C/CF)N(c1cccc(F)c1)c1cc2c(c3c1-c1ccc(N(c4cccc(F)c4)c4ccccc4F)cc1C3(C)C)-c1c(ccc3ccccc13)C21c2ccccc2-c2ccccc21. The minimum absolute atomic E-state index is 0.279. The van der Waals surface area contributed by atoms with Crippen molar-refractivity contribution < 1.29 is 17.6 Å². The van der Waals surface area contributed by atoms with Gasteiger partial charge in [0.2, 0.25) is 0 Å². The molecule has 6 heteroatoms. The van der Waals surface area contributed by atoms with Gasteiger partial charge >= 0.3 is 0 Å². The van der Waals surface area contributed by atoms with Gasteiger partial charge in [0.15, 0.2) is 0 Å². The van der Waals surface area contributed by atoms with Gasteiger partial charge in [-0.05, 0) is 145 Å². The van der Waals surface area contributed by atoms with E-state index in [1.54, 1.807) is 53.5 Å². The maximum atomic E-state index is 16.1. The van der Waals surface area contributed by atoms with Crippen LogP contribution in [0.15, 0.2) is 219 Å². The summed E-state index contributed by atoms with van der Waals surface area (Å²) in [4.78, 5) is 3.78. The van der Waals surface area contributed by atoms with Crippen molar-refractivity contribution in [2.75, 3.05) is 16.5 Å². The van der Waals surface area contributed by atoms with Crippen LogP contribution in [-0.4, -0.2) is 6.67 Å². The second-order valence-corrected chi connectivity index (χ2v) is 18.5. The molecule has 0 unspecified atom stereocenters. The largest absolute Gasteiger partial charge is 0.310 e. The number of benzene rings is 9. The molecule has 3 aliphatic carbocycles. The number of hydrogen-bond donors (Lipinski definition) is 0. The van der Waals surface area contributed by atoms with Crippen molar-refractivity contribution in [2.24, 2.45) is 0 Å². The molecule has 9 aromatic carbocycles. The summed E-state index contributed by atoms with van der Waals surface area (Å²) in [6.45, 7) is 8.50. The molecule has 0 atom stereocenters. The van der Waals surface area contributed by atoms with Gasteiger partial charge in [-0.15, -0.1) is 0 Å². The molecule has 0 aromatic heterocycles. The summed E-state index contributed by atoms with van der Waals surface area (Å²) in [5.41, 5.74) is 14.9. The van der Waals surface area contributed by atoms with Gasteiger partial charge in [-0.2, -0.15) is 0 Å². The number of halogens is 4. The van der Waals surface area contributed by atoms with Crippen molar-refractivity contribution in [3.8, 4) is 33.4 Å². The maximum absolute atomic E-state index is 16.1. The van der Waals surface area contributed by atoms with Gasteiger partial charge in [0, 0.05) is 33.7 Å². The summed E-state index contributed by atoms with van der Waals surface area (Å²) < 4.78 is 60.3. The molecule has 334 valence electrons. The third-order valence-corrected chi connectivity index (χ3v) is 14.5. The van der Waals surface area contributed by atoms with Crippen molar-refractivity contribution >= 4 is 39.2 Å². The van der Waals surface area contributed by atoms with Crippen molar-refractivity contribution in [1.29, 1.82) is 0 Å². The van der Waals surface area contributed by atoms with Crippen molar-refractivity contribution in [1.82, 2.24) is 0 Å². The predicted octanol–water partition coefficient (Wildman–Crippen LogP) is 17.1. The molecule has 0 fully saturated rings. The molecule has 0 N–H and O–H groups in total. The highest BCUT2D eigenvalue weighted by molar-refractivity contribution is 6.11. The summed E-state index contributed by atoms with van der Waals surface area (Å²) >= 11 is 0. The zero-order valence-electron chi connectivity index (χ0n) is 38.0. The Bertz CT molecular complexity index is 3630. The van der Waals surface area contributed by atoms with E-state index >= 15 is 13.2 Å². The minimum Gasteiger partial charge on any atom is -0.310 e. The third kappa shape index (κ3) is 6.17. The Labute approximate surface area is 399 Å². The second kappa shape index (κ2) is 16.0. The average molecular weight is 905 g/mol. The first-order valence-electron chi connectivity index (χ1n) is 23.2. The van der Waals surface area contributed by atoms with Gasteiger partial charge in [0.05, 0.1) is 16.8 Å². The molecular formula is C63H44F4N2. The molecular weight excluding hydrogens is 861 g/mol. The molecule has 0 saturated heterocycles. The van der Waals surface area contributed by atoms with E-state index < -0.39 is 35.0 Å². The second-order valence-electron chi connectivity index (χ2n) is 18.5. The van der Waals surface area contributed by atoms with Crippen LogP contribution in [0, 0.1) is 17.5 Å². The first-order valence-corrected chi connectivity index (χ1v) is 23.2. The summed E-state index contributed by atoms with van der Waals surface area (Å²) in [5, 5.41) is 2.24. The lowest BCUT2D eigenvalue weighted by Crippen LogP contribution is -2.27. The van der Waals surface area contributed by atoms with Gasteiger partial charge in [-0.25, -0.2) is 17.6 Å². The lowest BCUT2D eigenvalue weighted by atomic mass is 9.69. The van der Waals surface area contributed by atoms with Crippen LogP contribution in [-0.2, 0) is 10.8 Å². The molecule has 9 aromatic rings. The molecule has 0 heterocycles. The van der Waals surface area contributed by atoms with Gasteiger partial charge < -0.3 is 9.80 Å². The highest BCUT2D eigenvalue weighted by Gasteiger charge is 2.55. The fourth-order valence-electron chi connectivity index (χ4n) is 11.8. The van der Waals surface area contributed by atoms with Crippen molar-refractivity contribution in [3.63, 3.8) is 0 Å². The Morgan fingerprint density at radius 3 is 1.90 bits per heavy atom. The standard InChI is InChI=1S/C63H44F4N2/c1-39(17-5-4-14-34-64)68(43-21-15-19-41(65)35-43)57-38-54-60(58-46-23-7-6-18-40(46)30-33-52(58)63(54)50-26-10-8-24-47(50)48-25-9-11-27-51(48)63)61-59(57)49-32-31-45(37-53(49)62(61,2)3)69(44-22-16-20-42(66)36-44)56-29-13-12-28-55(56)67/h4-33,35-38H,1,34H2,2-3H3/b14-4-,17-5-. The highest BCUT2D eigenvalue weighted by Crippen LogP contribution is 2.69. The quantitative estimate of drug-likeness (QED) is 0.105. The Morgan fingerprint density at radius 2 is 1.17 bits per heavy atom. The predicted molar refractivity (Wildman–Crippen MR) is 274 cm³/mol. The first-order chi connectivity index (χ1) is 33.6. The number of nitrogens with zero attached hydrogens (tertiary/aromatic N) is 2. The number of allylic oxidation sites excluding steroid dienone is 4. The normalized spacial score (nSPS) is 14.2. The smallest absolute Gasteiger partial charge is 0.147 e. The number of anilines is 5. The Morgan fingerprint density at radius 1 is 0.522 bits per heavy atom. The van der Waals surface area contributed by atoms with E-state index in [9.17, 15) is 4.39 Å². The summed E-state index contributed by atoms with van der Waals surface area (Å²) in [6, 6.07) is 58.3. The molecule has 0 radical (unpaired) electrons. The zero-order valence-corrected chi connectivity index (χ0v) is 38.0. The minimum atomic E-state index is -0.769. The Hall–Kier alpha value is -8.22. The van der Waals surface area contributed by atoms with Crippen LogP contribution in [0.5, 0.6) is 0 Å². The number of fused-ring (bicyclic) bond motifs is 16. The molecule has 69 heavy (non-hydrogen) atoms. The fourth-order valence-corrected chi connectivity index (χ4v) is 11.8. The van der Waals surface area contributed by atoms with Crippen molar-refractivity contribution in [2.45, 2.75) is 24.7 Å². The van der Waals surface area contributed by atoms with Crippen LogP contribution >= 0.6 is 0 Å². The molecule has 0 saturated carbocycles. The van der Waals surface area contributed by atoms with Gasteiger partial charge in [0.25, 0.3) is 0 Å². The van der Waals surface area contributed by atoms with Crippen LogP contribution in [0.25, 0.3) is 44.2 Å². The van der Waals surface area contributed by atoms with Crippen LogP contribution in [0.1, 0.15) is 47.2 Å². The monoisotopic (exact) mass is 904 g/mol. The maximum Gasteiger partial charge on any atom is 0.147 e. The number of para-hydroxylation sites is 1. The van der Waals surface area contributed by atoms with Crippen LogP contribution in [0.2, 0.25) is 0 Å². The number of hydrogen-bond acceptors (Lipinski definition) is 2. The van der Waals surface area contributed by atoms with Gasteiger partial charge in [-0.3, -0.25) is 0 Å². The van der Waals surface area contributed by atoms with E-state index in [4.69, 9.17) is 0 Å². The van der Waals surface area contributed by atoms with E-state index in [2.05, 4.69) is 124 Å². The molecule has 0 bridgehead atoms. The van der Waals surface area contributed by atoms with Crippen LogP contribution in [0.4, 0.5) is 46.0 Å². The molecule has 3 aliphatic rings. The molecule has 2 nitrogen and oxygen atoms in total. The van der Waals surface area contributed by atoms with E-state index in [-0.39, 0.29) is 5.69 Å². The van der Waals surface area contributed by atoms with E-state index in [1.165, 1.54) is 53.1 Å². The zero-order chi connectivity index (χ0) is 47.2. The highest BCUT2D eigenvalue weighted by atomic mass is 19.1. The fraction of sp³-hybridized carbons (Fsp3) is 0.0794. The van der Waals surface area contributed by atoms with E-state index in [0.717, 1.165) is 66.5 Å². The first kappa shape index (κ1) is 42.2.